The molecule has 0 aliphatic carbocycles. The second-order valence-electron chi connectivity index (χ2n) is 6.94. The van der Waals surface area contributed by atoms with Gasteiger partial charge in [-0.2, -0.15) is 4.52 Å². The number of anilines is 3. The van der Waals surface area contributed by atoms with E-state index in [1.807, 2.05) is 18.2 Å². The van der Waals surface area contributed by atoms with Crippen molar-refractivity contribution in [1.29, 1.82) is 0 Å². The van der Waals surface area contributed by atoms with E-state index >= 15 is 0 Å². The van der Waals surface area contributed by atoms with Crippen LogP contribution >= 0.6 is 11.8 Å². The van der Waals surface area contributed by atoms with E-state index in [4.69, 9.17) is 28.4 Å². The van der Waals surface area contributed by atoms with Crippen LogP contribution in [0, 0.1) is 0 Å². The number of benzene rings is 1. The van der Waals surface area contributed by atoms with Gasteiger partial charge in [-0.05, 0) is 29.5 Å². The molecule has 0 aliphatic heterocycles. The standard InChI is InChI=1S/C11H10ClN3O2.C9H7N5O5/c12-14-5-6-2-1-3-7(4-6)15-9-8(13)10(16)11(9)17;1-19-9(18)4-2-3(8(16)17)11-7-5(6(10)15)12-13-14(4)7/h1-4,14-15H,5,13H2;2H,1H3,(H2,10,15)(H,16,17). The first-order chi connectivity index (χ1) is 17.1. The van der Waals surface area contributed by atoms with E-state index in [0.29, 0.717) is 12.2 Å². The zero-order valence-corrected chi connectivity index (χ0v) is 19.1. The molecule has 4 aromatic rings. The fourth-order valence-corrected chi connectivity index (χ4v) is 3.06. The number of halogens is 1. The summed E-state index contributed by atoms with van der Waals surface area (Å²) in [5.41, 5.74) is 9.77. The van der Waals surface area contributed by atoms with E-state index in [-0.39, 0.29) is 28.4 Å². The highest BCUT2D eigenvalue weighted by Crippen LogP contribution is 2.19. The monoisotopic (exact) mass is 516 g/mol. The smallest absolute Gasteiger partial charge is 0.356 e. The van der Waals surface area contributed by atoms with Crippen LogP contribution in [0.25, 0.3) is 5.65 Å². The zero-order valence-electron chi connectivity index (χ0n) is 18.3. The molecule has 7 N–H and O–H groups in total. The molecule has 1 amide bonds. The van der Waals surface area contributed by atoms with Gasteiger partial charge in [0.05, 0.1) is 7.11 Å². The molecule has 0 aliphatic rings. The Morgan fingerprint density at radius 3 is 2.50 bits per heavy atom. The lowest BCUT2D eigenvalue weighted by Gasteiger charge is -2.10. The number of aromatic nitrogens is 4. The van der Waals surface area contributed by atoms with E-state index in [1.54, 1.807) is 6.07 Å². The lowest BCUT2D eigenvalue weighted by molar-refractivity contribution is 0.0590. The zero-order chi connectivity index (χ0) is 26.6. The molecule has 4 rings (SSSR count). The summed E-state index contributed by atoms with van der Waals surface area (Å²) in [6.45, 7) is 0.498. The normalized spacial score (nSPS) is 10.5. The largest absolute Gasteiger partial charge is 0.477 e. The number of hydrogen-bond acceptors (Lipinski definition) is 12. The number of fused-ring (bicyclic) bond motifs is 1. The van der Waals surface area contributed by atoms with Crippen molar-refractivity contribution in [3.05, 3.63) is 73.4 Å². The van der Waals surface area contributed by atoms with Crippen molar-refractivity contribution in [3.8, 4) is 0 Å². The van der Waals surface area contributed by atoms with E-state index < -0.39 is 34.4 Å². The Morgan fingerprint density at radius 1 is 1.19 bits per heavy atom. The molecule has 0 atom stereocenters. The minimum Gasteiger partial charge on any atom is -0.477 e. The highest BCUT2D eigenvalue weighted by molar-refractivity contribution is 6.13. The van der Waals surface area contributed by atoms with Gasteiger partial charge in [0.25, 0.3) is 16.8 Å². The van der Waals surface area contributed by atoms with E-state index in [1.165, 1.54) is 0 Å². The molecule has 2 heterocycles. The molecular weight excluding hydrogens is 500 g/mol. The van der Waals surface area contributed by atoms with Gasteiger partial charge >= 0.3 is 11.9 Å². The van der Waals surface area contributed by atoms with Gasteiger partial charge < -0.3 is 26.6 Å². The van der Waals surface area contributed by atoms with Crippen LogP contribution in [0.2, 0.25) is 0 Å². The van der Waals surface area contributed by atoms with Crippen LogP contribution in [-0.4, -0.2) is 49.9 Å². The molecule has 2 aromatic heterocycles. The first kappa shape index (κ1) is 25.7. The Bertz CT molecular complexity index is 1560. The summed E-state index contributed by atoms with van der Waals surface area (Å²) in [6.07, 6.45) is 0. The Labute approximate surface area is 205 Å². The van der Waals surface area contributed by atoms with Gasteiger partial charge in [0, 0.05) is 18.3 Å². The number of hydrogen-bond donors (Lipinski definition) is 5. The number of aromatic carboxylic acids is 1. The second kappa shape index (κ2) is 10.6. The second-order valence-corrected chi connectivity index (χ2v) is 7.21. The van der Waals surface area contributed by atoms with Gasteiger partial charge in [-0.25, -0.2) is 19.4 Å². The summed E-state index contributed by atoms with van der Waals surface area (Å²) in [6, 6.07) is 8.24. The van der Waals surface area contributed by atoms with E-state index in [9.17, 15) is 24.0 Å². The summed E-state index contributed by atoms with van der Waals surface area (Å²) in [5, 5.41) is 18.7. The molecule has 0 saturated carbocycles. The number of nitrogen functional groups attached to an aromatic ring is 1. The predicted octanol–water partition coefficient (Wildman–Crippen LogP) is -0.440. The van der Waals surface area contributed by atoms with Crippen molar-refractivity contribution in [2.45, 2.75) is 6.54 Å². The number of nitrogens with zero attached hydrogens (tertiary/aromatic N) is 4. The minimum atomic E-state index is -1.38. The van der Waals surface area contributed by atoms with Crippen LogP contribution in [0.4, 0.5) is 17.1 Å². The van der Waals surface area contributed by atoms with Gasteiger partial charge in [-0.3, -0.25) is 14.4 Å². The van der Waals surface area contributed by atoms with Crippen LogP contribution in [0.1, 0.15) is 37.0 Å². The van der Waals surface area contributed by atoms with E-state index in [0.717, 1.165) is 23.3 Å². The third-order valence-electron chi connectivity index (χ3n) is 4.64. The summed E-state index contributed by atoms with van der Waals surface area (Å²) >= 11 is 5.40. The van der Waals surface area contributed by atoms with Gasteiger partial charge in [0.15, 0.2) is 22.7 Å². The quantitative estimate of drug-likeness (QED) is 0.119. The Hall–Kier alpha value is -4.89. The number of carbonyl (C=O) groups is 3. The number of rotatable bonds is 7. The molecule has 186 valence electrons. The summed E-state index contributed by atoms with van der Waals surface area (Å²) in [4.78, 5) is 61.9. The number of carboxylic acid groups (broad SMARTS) is 1. The van der Waals surface area contributed by atoms with Crippen molar-refractivity contribution in [2.24, 2.45) is 5.73 Å². The number of ether oxygens (including phenoxy) is 1. The molecule has 15 nitrogen and oxygen atoms in total. The number of methoxy groups -OCH3 is 1. The lowest BCUT2D eigenvalue weighted by Crippen LogP contribution is -2.36. The Morgan fingerprint density at radius 2 is 1.92 bits per heavy atom. The van der Waals surface area contributed by atoms with E-state index in [2.05, 4.69) is 30.2 Å². The van der Waals surface area contributed by atoms with Gasteiger partial charge in [-0.1, -0.05) is 17.3 Å². The van der Waals surface area contributed by atoms with Crippen molar-refractivity contribution in [2.75, 3.05) is 18.2 Å². The number of carboxylic acids is 1. The fourth-order valence-electron chi connectivity index (χ4n) is 2.91. The van der Waals surface area contributed by atoms with Gasteiger partial charge in [0.1, 0.15) is 11.4 Å². The number of nitrogens with two attached hydrogens (primary N) is 2. The van der Waals surface area contributed by atoms with Crippen LogP contribution in [0.15, 0.2) is 39.9 Å². The highest BCUT2D eigenvalue weighted by atomic mass is 35.5. The highest BCUT2D eigenvalue weighted by Gasteiger charge is 2.22. The van der Waals surface area contributed by atoms with Crippen molar-refractivity contribution >= 4 is 52.3 Å². The minimum absolute atomic E-state index is 0.0177. The van der Waals surface area contributed by atoms with Crippen molar-refractivity contribution < 1.29 is 24.2 Å². The van der Waals surface area contributed by atoms with Crippen LogP contribution in [0.3, 0.4) is 0 Å². The molecule has 0 radical (unpaired) electrons. The van der Waals surface area contributed by atoms with Crippen LogP contribution in [-0.2, 0) is 11.3 Å². The first-order valence-electron chi connectivity index (χ1n) is 9.75. The topological polar surface area (TPSA) is 234 Å². The molecule has 0 fully saturated rings. The molecule has 2 aromatic carbocycles. The van der Waals surface area contributed by atoms with Gasteiger partial charge in [0.2, 0.25) is 0 Å². The fraction of sp³-hybridized carbons (Fsp3) is 0.100. The predicted molar refractivity (Wildman–Crippen MR) is 126 cm³/mol. The first-order valence-corrected chi connectivity index (χ1v) is 10.1. The van der Waals surface area contributed by atoms with Crippen molar-refractivity contribution in [3.63, 3.8) is 0 Å². The molecular formula is C20H17ClN8O7. The number of esters is 1. The Kier molecular flexibility index (Phi) is 7.56. The number of primary amides is 1. The third kappa shape index (κ3) is 5.11. The molecule has 0 bridgehead atoms. The maximum absolute atomic E-state index is 11.5. The Balaban J connectivity index is 0.000000202. The summed E-state index contributed by atoms with van der Waals surface area (Å²) < 4.78 is 5.37. The molecule has 0 saturated heterocycles. The number of nitrogens with one attached hydrogen (secondary N) is 2. The molecule has 0 unspecified atom stereocenters. The average Bonchev–Trinajstić information content (AvgIpc) is 3.31. The van der Waals surface area contributed by atoms with Crippen molar-refractivity contribution in [1.82, 2.24) is 24.6 Å². The van der Waals surface area contributed by atoms with Crippen LogP contribution < -0.4 is 32.5 Å². The molecule has 36 heavy (non-hydrogen) atoms. The summed E-state index contributed by atoms with van der Waals surface area (Å²) in [5.74, 6) is -3.18. The third-order valence-corrected chi connectivity index (χ3v) is 4.77. The van der Waals surface area contributed by atoms with Gasteiger partial charge in [-0.15, -0.1) is 5.10 Å². The molecule has 16 heteroatoms. The maximum atomic E-state index is 11.5. The van der Waals surface area contributed by atoms with Crippen LogP contribution in [0.5, 0.6) is 0 Å². The number of carbonyl (C=O) groups excluding carboxylic acids is 2. The number of amides is 1. The molecule has 0 spiro atoms. The maximum Gasteiger partial charge on any atom is 0.356 e. The average molecular weight is 517 g/mol. The summed E-state index contributed by atoms with van der Waals surface area (Å²) in [7, 11) is 1.11. The SMILES string of the molecule is COC(=O)c1cc(C(=O)O)nc2c(C(N)=O)nnn12.Nc1c(Nc2cccc(CNCl)c2)c(=O)c1=O. The lowest BCUT2D eigenvalue weighted by atomic mass is 10.1.